The summed E-state index contributed by atoms with van der Waals surface area (Å²) < 4.78 is 60.7. The number of hydrogen-bond donors (Lipinski definition) is 7. The highest BCUT2D eigenvalue weighted by atomic mass is 19.2. The van der Waals surface area contributed by atoms with Crippen molar-refractivity contribution in [1.29, 1.82) is 0 Å². The Balaban J connectivity index is 0.000000157. The number of halogens is 4. The second-order valence-corrected chi connectivity index (χ2v) is 39.4. The monoisotopic (exact) mass is 1790 g/mol. The van der Waals surface area contributed by atoms with Crippen LogP contribution in [0.4, 0.5) is 36.7 Å². The van der Waals surface area contributed by atoms with Crippen molar-refractivity contribution in [3.63, 3.8) is 0 Å². The minimum absolute atomic E-state index is 0.00820. The number of benzene rings is 4. The lowest BCUT2D eigenvalue weighted by Crippen LogP contribution is -2.58. The van der Waals surface area contributed by atoms with Crippen molar-refractivity contribution in [2.45, 2.75) is 217 Å². The molecular weight excluding hydrogens is 1660 g/mol. The summed E-state index contributed by atoms with van der Waals surface area (Å²) in [4.78, 5) is 119. The first-order valence-electron chi connectivity index (χ1n) is 44.8. The molecule has 7 N–H and O–H groups in total. The fourth-order valence-electron chi connectivity index (χ4n) is 17.3. The molecular formula is C95H128F4N20O10. The number of carbonyl (C=O) groups excluding carboxylic acids is 8. The van der Waals surface area contributed by atoms with Gasteiger partial charge in [-0.1, -0.05) is 151 Å². The molecule has 11 heterocycles. The predicted octanol–water partition coefficient (Wildman–Crippen LogP) is 10.9. The Kier molecular flexibility index (Phi) is 30.2. The Morgan fingerprint density at radius 3 is 1.06 bits per heavy atom. The molecule has 8 amide bonds. The molecule has 30 nitrogen and oxygen atoms in total. The molecule has 0 spiro atoms. The second kappa shape index (κ2) is 40.1. The number of carbonyl (C=O) groups is 8. The van der Waals surface area contributed by atoms with Gasteiger partial charge in [-0.05, 0) is 112 Å². The normalized spacial score (nSPS) is 18.3. The number of hydrogen-bond acceptors (Lipinski definition) is 18. The molecule has 0 bridgehead atoms. The van der Waals surface area contributed by atoms with E-state index in [0.717, 1.165) is 152 Å². The van der Waals surface area contributed by atoms with Gasteiger partial charge in [-0.3, -0.25) is 29.0 Å². The van der Waals surface area contributed by atoms with Crippen LogP contribution in [-0.2, 0) is 71.0 Å². The zero-order chi connectivity index (χ0) is 93.8. The van der Waals surface area contributed by atoms with E-state index in [2.05, 4.69) is 89.4 Å². The van der Waals surface area contributed by atoms with Crippen LogP contribution in [0.2, 0.25) is 0 Å². The molecule has 6 atom stereocenters. The van der Waals surface area contributed by atoms with Gasteiger partial charge in [-0.25, -0.2) is 36.7 Å². The molecule has 4 aromatic heterocycles. The molecule has 7 aliphatic heterocycles. The number of nitrogens with zero attached hydrogens (tertiary/aromatic N) is 15. The van der Waals surface area contributed by atoms with E-state index in [1.165, 1.54) is 30.9 Å². The lowest BCUT2D eigenvalue weighted by molar-refractivity contribution is -0.139. The van der Waals surface area contributed by atoms with Crippen molar-refractivity contribution >= 4 is 47.8 Å². The maximum Gasteiger partial charge on any atom is 0.343 e. The van der Waals surface area contributed by atoms with Crippen molar-refractivity contribution in [1.82, 2.24) is 100 Å². The molecule has 15 rings (SSSR count). The lowest BCUT2D eigenvalue weighted by atomic mass is 9.85. The summed E-state index contributed by atoms with van der Waals surface area (Å²) in [6.45, 7) is 38.5. The molecule has 0 aliphatic carbocycles. The third kappa shape index (κ3) is 22.4. The van der Waals surface area contributed by atoms with Gasteiger partial charge in [0.15, 0.2) is 23.3 Å². The molecule has 4 aromatic carbocycles. The van der Waals surface area contributed by atoms with E-state index >= 15 is 0 Å². The van der Waals surface area contributed by atoms with Crippen molar-refractivity contribution < 1.29 is 66.1 Å². The summed E-state index contributed by atoms with van der Waals surface area (Å²) in [5, 5.41) is 52.5. The standard InChI is InChI=1S/C26H35F2N5O3.C25H33F2N5O3.C23H31N5O2.C21H29N5O2/c1-15(2)31-11-9-21-18(14-31)22(16-6-7-19(27)20(28)12-16)30-33(21)25(36)29-23(26(3,4)5)24(35)32-10-8-17(34)13-32;1-5-30-10-9-20-17(14-30)21(15-6-7-18(26)19(27)12-15)29-32(20)24(35)28-22(25(2,3)4)23(34)31-11-8-16(33)13-31;1-23(2,3)20(21(29)27-12-8-13-27)24-22(30)28-18-11-14-26(4)15-17(18)19(25-28)16-9-6-5-7-10-16;1-21(2,3)18(19(27)22-4)23-20(28)26-16-11-12-25(5)13-15(16)17(24-26)14-9-7-6-8-10-14/h6-7,12,15,17,23,34H,8-11,13-14H2,1-5H3,(H,29,36);6-7,12,16,22,33H,5,8-11,13-14H2,1-4H3,(H,28,35);5-7,9-10,20H,8,11-15H2,1-4H3,(H,24,30);6-10,18H,11-13H2,1-5H3,(H,22,27)(H,23,28)/t17-,23+;16-,22+;20-;18-/m0011/s1. The number of fused-ring (bicyclic) bond motifs is 4. The Hall–Kier alpha value is -11.0. The molecule has 696 valence electrons. The molecule has 8 aromatic rings. The summed E-state index contributed by atoms with van der Waals surface area (Å²) in [6.07, 6.45) is 3.50. The third-order valence-corrected chi connectivity index (χ3v) is 25.0. The molecule has 3 fully saturated rings. The van der Waals surface area contributed by atoms with E-state index in [4.69, 9.17) is 5.10 Å². The van der Waals surface area contributed by atoms with Crippen LogP contribution in [0.1, 0.15) is 168 Å². The average Bonchev–Trinajstić information content (AvgIpc) is 1.62. The molecule has 34 heteroatoms. The van der Waals surface area contributed by atoms with Gasteiger partial charge in [0.05, 0.1) is 57.8 Å². The van der Waals surface area contributed by atoms with Gasteiger partial charge in [0.2, 0.25) is 23.6 Å². The zero-order valence-corrected chi connectivity index (χ0v) is 77.7. The number of nitrogens with one attached hydrogen (secondary N) is 5. The molecule has 0 saturated carbocycles. The van der Waals surface area contributed by atoms with Crippen LogP contribution in [0.5, 0.6) is 0 Å². The SMILES string of the molecule is CC(C)N1CCc2c(c(-c3ccc(F)c(F)c3)nn2C(=O)N[C@H](C(=O)N2CC[C@H](O)C2)C(C)(C)C)C1.CCN1CCc2c(c(-c3ccc(F)c(F)c3)nn2C(=O)N[C@H](C(=O)N2CC[C@H](O)C2)C(C)(C)C)C1.CN1CCc2c(c(-c3ccccc3)nn2C(=O)N[C@H](C(=O)N2CCC2)C(C)(C)C)C1.CNC(=O)[C@@H](NC(=O)n1nc(-c2ccccc2)c2c1CCN(C)C2)C(C)(C)C. The first kappa shape index (κ1) is 97.0. The van der Waals surface area contributed by atoms with E-state index in [1.807, 2.05) is 156 Å². The van der Waals surface area contributed by atoms with Crippen molar-refractivity contribution in [3.8, 4) is 45.0 Å². The highest BCUT2D eigenvalue weighted by Crippen LogP contribution is 2.38. The van der Waals surface area contributed by atoms with Gasteiger partial charge in [-0.15, -0.1) is 0 Å². The Labute approximate surface area is 752 Å². The molecule has 0 radical (unpaired) electrons. The van der Waals surface area contributed by atoms with Crippen molar-refractivity contribution in [2.24, 2.45) is 21.7 Å². The molecule has 3 saturated heterocycles. The zero-order valence-electron chi connectivity index (χ0n) is 77.7. The molecule has 7 aliphatic rings. The predicted molar refractivity (Wildman–Crippen MR) is 483 cm³/mol. The van der Waals surface area contributed by atoms with E-state index in [0.29, 0.717) is 92.3 Å². The minimum atomic E-state index is -0.983. The van der Waals surface area contributed by atoms with Crippen molar-refractivity contribution in [2.75, 3.05) is 93.1 Å². The van der Waals surface area contributed by atoms with Gasteiger partial charge in [-0.2, -0.15) is 39.1 Å². The van der Waals surface area contributed by atoms with Gasteiger partial charge in [0, 0.05) is 175 Å². The van der Waals surface area contributed by atoms with Gasteiger partial charge < -0.3 is 61.3 Å². The fraction of sp³-hybridized carbons (Fsp3) is 0.537. The lowest BCUT2D eigenvalue weighted by Gasteiger charge is -2.38. The van der Waals surface area contributed by atoms with E-state index in [9.17, 15) is 66.1 Å². The van der Waals surface area contributed by atoms with Crippen LogP contribution in [0.25, 0.3) is 45.0 Å². The quantitative estimate of drug-likeness (QED) is 0.0497. The molecule has 0 unspecified atom stereocenters. The number of aliphatic hydroxyl groups is 2. The third-order valence-electron chi connectivity index (χ3n) is 25.0. The topological polar surface area (TPSA) is 331 Å². The van der Waals surface area contributed by atoms with E-state index in [1.54, 1.807) is 16.8 Å². The van der Waals surface area contributed by atoms with Crippen LogP contribution >= 0.6 is 0 Å². The van der Waals surface area contributed by atoms with E-state index < -0.39 is 93.4 Å². The maximum absolute atomic E-state index is 14.1. The number of likely N-dealkylation sites (N-methyl/N-ethyl adjacent to an activating group) is 4. The van der Waals surface area contributed by atoms with Crippen LogP contribution in [-0.4, -0.2) is 267 Å². The Bertz CT molecular complexity index is 5410. The number of amides is 8. The second-order valence-electron chi connectivity index (χ2n) is 39.4. The molecule has 129 heavy (non-hydrogen) atoms. The van der Waals surface area contributed by atoms with Crippen LogP contribution < -0.4 is 26.6 Å². The summed E-state index contributed by atoms with van der Waals surface area (Å²) >= 11 is 0. The minimum Gasteiger partial charge on any atom is -0.391 e. The highest BCUT2D eigenvalue weighted by Gasteiger charge is 2.44. The highest BCUT2D eigenvalue weighted by molar-refractivity contribution is 5.92. The number of aromatic nitrogens is 8. The Morgan fingerprint density at radius 1 is 0.411 bits per heavy atom. The van der Waals surface area contributed by atoms with Gasteiger partial charge in [0.1, 0.15) is 24.2 Å². The Morgan fingerprint density at radius 2 is 0.744 bits per heavy atom. The number of aliphatic hydroxyl groups excluding tert-OH is 2. The van der Waals surface area contributed by atoms with Gasteiger partial charge in [0.25, 0.3) is 0 Å². The van der Waals surface area contributed by atoms with E-state index in [-0.39, 0.29) is 54.8 Å². The van der Waals surface area contributed by atoms with Crippen molar-refractivity contribution in [3.05, 3.63) is 165 Å². The largest absolute Gasteiger partial charge is 0.391 e. The first-order valence-corrected chi connectivity index (χ1v) is 44.8. The van der Waals surface area contributed by atoms with Gasteiger partial charge >= 0.3 is 24.1 Å². The fourth-order valence-corrected chi connectivity index (χ4v) is 17.3. The van der Waals surface area contributed by atoms with Crippen LogP contribution in [0.3, 0.4) is 0 Å². The number of likely N-dealkylation sites (tertiary alicyclic amines) is 3. The average molecular weight is 1790 g/mol. The maximum atomic E-state index is 14.1. The summed E-state index contributed by atoms with van der Waals surface area (Å²) in [6, 6.07) is 22.6. The summed E-state index contributed by atoms with van der Waals surface area (Å²) in [5.41, 5.74) is 10.3. The summed E-state index contributed by atoms with van der Waals surface area (Å²) in [5.74, 6) is -4.59. The van der Waals surface area contributed by atoms with Crippen LogP contribution in [0.15, 0.2) is 97.1 Å². The smallest absolute Gasteiger partial charge is 0.343 e. The number of β-amino-alcohol motifs (C(OH)–C–C–N with tert-alkyl or cyclic N) is 2. The summed E-state index contributed by atoms with van der Waals surface area (Å²) in [7, 11) is 5.72. The van der Waals surface area contributed by atoms with Crippen LogP contribution in [0, 0.1) is 44.9 Å². The number of rotatable bonds is 14. The first-order chi connectivity index (χ1) is 60.8.